The first kappa shape index (κ1) is 11.0. The van der Waals surface area contributed by atoms with Crippen molar-refractivity contribution in [1.29, 1.82) is 0 Å². The molecule has 0 amide bonds. The fourth-order valence-electron chi connectivity index (χ4n) is 1.20. The lowest BCUT2D eigenvalue weighted by molar-refractivity contribution is 0.0697. The number of rotatable bonds is 3. The molecular formula is C9H10N4O2. The first-order valence-corrected chi connectivity index (χ1v) is 4.24. The van der Waals surface area contributed by atoms with Crippen LogP contribution in [0.3, 0.4) is 0 Å². The second-order valence-corrected chi connectivity index (χ2v) is 3.06. The molecule has 3 N–H and O–H groups in total. The van der Waals surface area contributed by atoms with Crippen LogP contribution in [0, 0.1) is 0 Å². The largest absolute Gasteiger partial charge is 0.478 e. The first-order chi connectivity index (χ1) is 7.06. The summed E-state index contributed by atoms with van der Waals surface area (Å²) >= 11 is 0. The van der Waals surface area contributed by atoms with Gasteiger partial charge < -0.3 is 10.8 Å². The minimum atomic E-state index is -1.07. The molecule has 0 aliphatic carbocycles. The van der Waals surface area contributed by atoms with Crippen LogP contribution >= 0.6 is 0 Å². The van der Waals surface area contributed by atoms with Gasteiger partial charge in [0.05, 0.1) is 5.56 Å². The summed E-state index contributed by atoms with van der Waals surface area (Å²) < 4.78 is 0. The summed E-state index contributed by atoms with van der Waals surface area (Å²) in [6.07, 6.45) is 0. The standard InChI is InChI=1S/C9H10N4O2/c1-5(10)7-3-2-6(9(14)15)4-8(7)12-13-11/h2-5H,10H2,1H3,(H,14,15)/t5-/m1/s1. The molecule has 0 unspecified atom stereocenters. The van der Waals surface area contributed by atoms with Crippen LogP contribution in [0.25, 0.3) is 10.4 Å². The predicted octanol–water partition coefficient (Wildman–Crippen LogP) is 2.35. The normalized spacial score (nSPS) is 11.6. The number of nitrogens with zero attached hydrogens (tertiary/aromatic N) is 3. The van der Waals surface area contributed by atoms with Crippen LogP contribution in [0.4, 0.5) is 5.69 Å². The van der Waals surface area contributed by atoms with Crippen molar-refractivity contribution in [3.05, 3.63) is 39.8 Å². The second kappa shape index (κ2) is 4.45. The monoisotopic (exact) mass is 206 g/mol. The Labute approximate surface area is 86.0 Å². The van der Waals surface area contributed by atoms with E-state index >= 15 is 0 Å². The lowest BCUT2D eigenvalue weighted by atomic mass is 10.0. The molecule has 1 aromatic carbocycles. The van der Waals surface area contributed by atoms with Crippen LogP contribution in [-0.2, 0) is 0 Å². The van der Waals surface area contributed by atoms with E-state index in [9.17, 15) is 4.79 Å². The maximum absolute atomic E-state index is 10.7. The Morgan fingerprint density at radius 2 is 2.33 bits per heavy atom. The van der Waals surface area contributed by atoms with Crippen molar-refractivity contribution in [1.82, 2.24) is 0 Å². The van der Waals surface area contributed by atoms with Crippen LogP contribution in [0.2, 0.25) is 0 Å². The number of nitrogens with two attached hydrogens (primary N) is 1. The third kappa shape index (κ3) is 2.46. The van der Waals surface area contributed by atoms with Gasteiger partial charge >= 0.3 is 5.97 Å². The van der Waals surface area contributed by atoms with E-state index in [0.717, 1.165) is 0 Å². The van der Waals surface area contributed by atoms with Gasteiger partial charge in [-0.1, -0.05) is 11.2 Å². The molecule has 1 rings (SSSR count). The number of azide groups is 1. The Bertz CT molecular complexity index is 436. The zero-order valence-corrected chi connectivity index (χ0v) is 8.08. The molecule has 0 aliphatic heterocycles. The number of hydrogen-bond donors (Lipinski definition) is 2. The summed E-state index contributed by atoms with van der Waals surface area (Å²) in [7, 11) is 0. The zero-order chi connectivity index (χ0) is 11.4. The Hall–Kier alpha value is -2.04. The highest BCUT2D eigenvalue weighted by molar-refractivity contribution is 5.88. The number of carbonyl (C=O) groups is 1. The van der Waals surface area contributed by atoms with Crippen molar-refractivity contribution in [3.63, 3.8) is 0 Å². The van der Waals surface area contributed by atoms with E-state index in [1.165, 1.54) is 12.1 Å². The predicted molar refractivity (Wildman–Crippen MR) is 54.8 cm³/mol. The molecule has 1 aromatic rings. The molecule has 6 nitrogen and oxygen atoms in total. The molecule has 0 spiro atoms. The van der Waals surface area contributed by atoms with E-state index in [4.69, 9.17) is 16.4 Å². The second-order valence-electron chi connectivity index (χ2n) is 3.06. The topological polar surface area (TPSA) is 112 Å². The summed E-state index contributed by atoms with van der Waals surface area (Å²) in [5.74, 6) is -1.07. The fourth-order valence-corrected chi connectivity index (χ4v) is 1.20. The molecule has 78 valence electrons. The molecule has 0 fully saturated rings. The smallest absolute Gasteiger partial charge is 0.335 e. The number of hydrogen-bond acceptors (Lipinski definition) is 3. The van der Waals surface area contributed by atoms with E-state index in [2.05, 4.69) is 10.0 Å². The molecular weight excluding hydrogens is 196 g/mol. The van der Waals surface area contributed by atoms with Crippen LogP contribution in [-0.4, -0.2) is 11.1 Å². The average molecular weight is 206 g/mol. The molecule has 0 bridgehead atoms. The van der Waals surface area contributed by atoms with Crippen molar-refractivity contribution >= 4 is 11.7 Å². The summed E-state index contributed by atoms with van der Waals surface area (Å²) in [4.78, 5) is 13.3. The van der Waals surface area contributed by atoms with Gasteiger partial charge in [0.25, 0.3) is 0 Å². The highest BCUT2D eigenvalue weighted by atomic mass is 16.4. The van der Waals surface area contributed by atoms with Gasteiger partial charge in [0.1, 0.15) is 0 Å². The Morgan fingerprint density at radius 1 is 1.67 bits per heavy atom. The van der Waals surface area contributed by atoms with Gasteiger partial charge in [0.15, 0.2) is 0 Å². The maximum atomic E-state index is 10.7. The molecule has 0 radical (unpaired) electrons. The molecule has 0 saturated carbocycles. The van der Waals surface area contributed by atoms with E-state index in [1.54, 1.807) is 13.0 Å². The summed E-state index contributed by atoms with van der Waals surface area (Å²) in [6, 6.07) is 3.98. The maximum Gasteiger partial charge on any atom is 0.335 e. The van der Waals surface area contributed by atoms with Crippen molar-refractivity contribution in [2.24, 2.45) is 10.8 Å². The fraction of sp³-hybridized carbons (Fsp3) is 0.222. The average Bonchev–Trinajstić information content (AvgIpc) is 2.17. The molecule has 15 heavy (non-hydrogen) atoms. The number of aromatic carboxylic acids is 1. The lowest BCUT2D eigenvalue weighted by Gasteiger charge is -2.09. The van der Waals surface area contributed by atoms with Crippen molar-refractivity contribution in [3.8, 4) is 0 Å². The van der Waals surface area contributed by atoms with Gasteiger partial charge in [-0.05, 0) is 30.2 Å². The third-order valence-corrected chi connectivity index (χ3v) is 1.92. The highest BCUT2D eigenvalue weighted by Crippen LogP contribution is 2.25. The summed E-state index contributed by atoms with van der Waals surface area (Å²) in [6.45, 7) is 1.73. The molecule has 0 aromatic heterocycles. The van der Waals surface area contributed by atoms with Gasteiger partial charge in [-0.15, -0.1) is 0 Å². The Balaban J connectivity index is 3.32. The number of carboxylic acid groups (broad SMARTS) is 1. The van der Waals surface area contributed by atoms with Gasteiger partial charge in [-0.2, -0.15) is 0 Å². The van der Waals surface area contributed by atoms with E-state index in [-0.39, 0.29) is 17.3 Å². The molecule has 0 heterocycles. The van der Waals surface area contributed by atoms with E-state index in [1.807, 2.05) is 0 Å². The van der Waals surface area contributed by atoms with Crippen LogP contribution in [0.5, 0.6) is 0 Å². The van der Waals surface area contributed by atoms with Gasteiger partial charge in [-0.25, -0.2) is 4.79 Å². The van der Waals surface area contributed by atoms with Gasteiger partial charge in [-0.3, -0.25) is 0 Å². The molecule has 0 aliphatic rings. The quantitative estimate of drug-likeness (QED) is 0.449. The zero-order valence-electron chi connectivity index (χ0n) is 8.08. The van der Waals surface area contributed by atoms with Crippen molar-refractivity contribution in [2.45, 2.75) is 13.0 Å². The number of carboxylic acids is 1. The highest BCUT2D eigenvalue weighted by Gasteiger charge is 2.09. The Morgan fingerprint density at radius 3 is 2.80 bits per heavy atom. The van der Waals surface area contributed by atoms with Crippen LogP contribution in [0.1, 0.15) is 28.9 Å². The summed E-state index contributed by atoms with van der Waals surface area (Å²) in [5.41, 5.74) is 14.9. The molecule has 6 heteroatoms. The molecule has 0 saturated heterocycles. The van der Waals surface area contributed by atoms with Crippen LogP contribution in [0.15, 0.2) is 23.3 Å². The lowest BCUT2D eigenvalue weighted by Crippen LogP contribution is -2.06. The van der Waals surface area contributed by atoms with Gasteiger partial charge in [0.2, 0.25) is 0 Å². The first-order valence-electron chi connectivity index (χ1n) is 4.24. The SMILES string of the molecule is C[C@@H](N)c1ccc(C(=O)O)cc1N=[N+]=[N-]. The van der Waals surface area contributed by atoms with Gasteiger partial charge in [0, 0.05) is 16.6 Å². The van der Waals surface area contributed by atoms with E-state index < -0.39 is 5.97 Å². The molecule has 1 atom stereocenters. The summed E-state index contributed by atoms with van der Waals surface area (Å²) in [5, 5.41) is 12.1. The minimum Gasteiger partial charge on any atom is -0.478 e. The van der Waals surface area contributed by atoms with E-state index in [0.29, 0.717) is 5.56 Å². The third-order valence-electron chi connectivity index (χ3n) is 1.92. The number of benzene rings is 1. The van der Waals surface area contributed by atoms with Crippen molar-refractivity contribution < 1.29 is 9.90 Å². The minimum absolute atomic E-state index is 0.0711. The van der Waals surface area contributed by atoms with Crippen LogP contribution < -0.4 is 5.73 Å². The van der Waals surface area contributed by atoms with Crippen molar-refractivity contribution in [2.75, 3.05) is 0 Å². The Kier molecular flexibility index (Phi) is 3.28.